The predicted molar refractivity (Wildman–Crippen MR) is 77.8 cm³/mol. The van der Waals surface area contributed by atoms with Gasteiger partial charge < -0.3 is 16.0 Å². The molecule has 4 nitrogen and oxygen atoms in total. The largest absolute Gasteiger partial charge is 0.352 e. The van der Waals surface area contributed by atoms with Crippen LogP contribution in [-0.4, -0.2) is 42.0 Å². The zero-order chi connectivity index (χ0) is 14.0. The molecule has 4 heteroatoms. The fourth-order valence-electron chi connectivity index (χ4n) is 3.54. The van der Waals surface area contributed by atoms with E-state index >= 15 is 0 Å². The van der Waals surface area contributed by atoms with E-state index in [9.17, 15) is 4.79 Å². The highest BCUT2D eigenvalue weighted by Crippen LogP contribution is 2.32. The smallest absolute Gasteiger partial charge is 0.237 e. The molecule has 4 atom stereocenters. The first-order valence-corrected chi connectivity index (χ1v) is 7.80. The van der Waals surface area contributed by atoms with E-state index in [1.54, 1.807) is 0 Å². The van der Waals surface area contributed by atoms with Crippen LogP contribution >= 0.6 is 0 Å². The fraction of sp³-hybridized carbons (Fsp3) is 0.933. The molecule has 2 rings (SSSR count). The molecular weight excluding hydrogens is 238 g/mol. The Hall–Kier alpha value is -0.610. The quantitative estimate of drug-likeness (QED) is 0.811. The van der Waals surface area contributed by atoms with Crippen LogP contribution in [0.15, 0.2) is 0 Å². The zero-order valence-corrected chi connectivity index (χ0v) is 12.6. The normalized spacial score (nSPS) is 34.6. The summed E-state index contributed by atoms with van der Waals surface area (Å²) >= 11 is 0. The van der Waals surface area contributed by atoms with E-state index in [2.05, 4.69) is 24.2 Å². The molecule has 0 aliphatic carbocycles. The number of nitrogens with one attached hydrogen (secondary N) is 1. The van der Waals surface area contributed by atoms with Gasteiger partial charge in [-0.3, -0.25) is 4.79 Å². The van der Waals surface area contributed by atoms with Gasteiger partial charge in [-0.1, -0.05) is 26.7 Å². The lowest BCUT2D eigenvalue weighted by atomic mass is 9.82. The van der Waals surface area contributed by atoms with Gasteiger partial charge in [0, 0.05) is 18.1 Å². The lowest BCUT2D eigenvalue weighted by Crippen LogP contribution is -2.57. The minimum atomic E-state index is -0.357. The molecule has 19 heavy (non-hydrogen) atoms. The van der Waals surface area contributed by atoms with Crippen molar-refractivity contribution in [1.82, 2.24) is 10.2 Å². The molecule has 2 heterocycles. The molecule has 2 fully saturated rings. The van der Waals surface area contributed by atoms with E-state index < -0.39 is 0 Å². The molecule has 0 saturated carbocycles. The average Bonchev–Trinajstić information content (AvgIpc) is 2.38. The molecule has 2 saturated heterocycles. The first-order valence-electron chi connectivity index (χ1n) is 7.80. The molecule has 2 aliphatic rings. The second-order valence-electron chi connectivity index (χ2n) is 6.49. The summed E-state index contributed by atoms with van der Waals surface area (Å²) in [5.74, 6) is 0.299. The van der Waals surface area contributed by atoms with Gasteiger partial charge >= 0.3 is 0 Å². The van der Waals surface area contributed by atoms with Gasteiger partial charge in [0.2, 0.25) is 5.91 Å². The third-order valence-electron chi connectivity index (χ3n) is 5.25. The van der Waals surface area contributed by atoms with Gasteiger partial charge in [-0.15, -0.1) is 0 Å². The van der Waals surface area contributed by atoms with Crippen molar-refractivity contribution in [3.8, 4) is 0 Å². The second kappa shape index (κ2) is 6.23. The molecule has 3 N–H and O–H groups in total. The Morgan fingerprint density at radius 2 is 1.95 bits per heavy atom. The monoisotopic (exact) mass is 267 g/mol. The highest BCUT2D eigenvalue weighted by atomic mass is 16.2. The third kappa shape index (κ3) is 3.29. The summed E-state index contributed by atoms with van der Waals surface area (Å²) in [4.78, 5) is 14.7. The van der Waals surface area contributed by atoms with Gasteiger partial charge in [-0.25, -0.2) is 0 Å². The summed E-state index contributed by atoms with van der Waals surface area (Å²) in [5.41, 5.74) is 6.01. The van der Waals surface area contributed by atoms with Crippen molar-refractivity contribution in [2.45, 2.75) is 76.5 Å². The number of piperidine rings is 2. The molecule has 0 aromatic heterocycles. The number of nitrogens with two attached hydrogens (primary N) is 1. The minimum Gasteiger partial charge on any atom is -0.352 e. The lowest BCUT2D eigenvalue weighted by molar-refractivity contribution is -0.124. The first-order chi connectivity index (χ1) is 9.02. The van der Waals surface area contributed by atoms with Gasteiger partial charge in [0.05, 0.1) is 6.04 Å². The molecule has 0 aromatic carbocycles. The van der Waals surface area contributed by atoms with Crippen LogP contribution in [0.1, 0.15) is 52.4 Å². The Kier molecular flexibility index (Phi) is 4.85. The van der Waals surface area contributed by atoms with E-state index in [0.29, 0.717) is 18.1 Å². The Labute approximate surface area is 117 Å². The number of hydrogen-bond donors (Lipinski definition) is 2. The molecular formula is C15H29N3O. The average molecular weight is 267 g/mol. The molecule has 0 aromatic rings. The summed E-state index contributed by atoms with van der Waals surface area (Å²) < 4.78 is 0. The van der Waals surface area contributed by atoms with Crippen LogP contribution in [0.5, 0.6) is 0 Å². The minimum absolute atomic E-state index is 0.0435. The zero-order valence-electron chi connectivity index (χ0n) is 12.6. The molecule has 2 aliphatic heterocycles. The third-order valence-corrected chi connectivity index (χ3v) is 5.25. The van der Waals surface area contributed by atoms with Crippen LogP contribution in [0.3, 0.4) is 0 Å². The molecule has 110 valence electrons. The summed E-state index contributed by atoms with van der Waals surface area (Å²) in [6, 6.07) is 1.27. The van der Waals surface area contributed by atoms with Gasteiger partial charge in [0.25, 0.3) is 0 Å². The van der Waals surface area contributed by atoms with Crippen molar-refractivity contribution >= 4 is 5.91 Å². The number of nitrogens with zero attached hydrogens (tertiary/aromatic N) is 1. The van der Waals surface area contributed by atoms with Crippen molar-refractivity contribution in [3.05, 3.63) is 0 Å². The standard InChI is InChI=1S/C15H29N3O/c1-4-10(2)14(16)15(19)17-11-8-12-6-5-7-13(9-11)18(12)3/h10-14H,4-9,16H2,1-3H3,(H,17,19). The number of fused-ring (bicyclic) bond motifs is 2. The number of carbonyl (C=O) groups excluding carboxylic acids is 1. The van der Waals surface area contributed by atoms with Crippen LogP contribution in [-0.2, 0) is 4.79 Å². The summed E-state index contributed by atoms with van der Waals surface area (Å²) in [6.07, 6.45) is 7.02. The first kappa shape index (κ1) is 14.8. The number of rotatable bonds is 4. The SMILES string of the molecule is CCC(C)C(N)C(=O)NC1CC2CCCC(C1)N2C. The van der Waals surface area contributed by atoms with Crippen molar-refractivity contribution in [3.63, 3.8) is 0 Å². The topological polar surface area (TPSA) is 58.4 Å². The van der Waals surface area contributed by atoms with E-state index in [-0.39, 0.29) is 17.9 Å². The maximum atomic E-state index is 12.2. The van der Waals surface area contributed by atoms with E-state index in [1.165, 1.54) is 19.3 Å². The lowest BCUT2D eigenvalue weighted by Gasteiger charge is -2.47. The van der Waals surface area contributed by atoms with Crippen molar-refractivity contribution in [2.24, 2.45) is 11.7 Å². The van der Waals surface area contributed by atoms with Gasteiger partial charge in [-0.2, -0.15) is 0 Å². The number of amides is 1. The van der Waals surface area contributed by atoms with Crippen LogP contribution < -0.4 is 11.1 Å². The van der Waals surface area contributed by atoms with Crippen LogP contribution in [0.2, 0.25) is 0 Å². The van der Waals surface area contributed by atoms with Crippen molar-refractivity contribution in [2.75, 3.05) is 7.05 Å². The maximum absolute atomic E-state index is 12.2. The Balaban J connectivity index is 1.88. The predicted octanol–water partition coefficient (Wildman–Crippen LogP) is 1.49. The van der Waals surface area contributed by atoms with Gasteiger partial charge in [0.15, 0.2) is 0 Å². The van der Waals surface area contributed by atoms with Crippen molar-refractivity contribution < 1.29 is 4.79 Å². The highest BCUT2D eigenvalue weighted by Gasteiger charge is 2.37. The van der Waals surface area contributed by atoms with E-state index in [1.807, 2.05) is 6.92 Å². The second-order valence-corrected chi connectivity index (χ2v) is 6.49. The fourth-order valence-corrected chi connectivity index (χ4v) is 3.54. The Morgan fingerprint density at radius 1 is 1.37 bits per heavy atom. The molecule has 1 amide bonds. The van der Waals surface area contributed by atoms with Gasteiger partial charge in [0.1, 0.15) is 0 Å². The van der Waals surface area contributed by atoms with Crippen LogP contribution in [0, 0.1) is 5.92 Å². The van der Waals surface area contributed by atoms with Crippen LogP contribution in [0.25, 0.3) is 0 Å². The summed E-state index contributed by atoms with van der Waals surface area (Å²) in [7, 11) is 2.23. The maximum Gasteiger partial charge on any atom is 0.237 e. The Bertz CT molecular complexity index is 307. The van der Waals surface area contributed by atoms with Crippen molar-refractivity contribution in [1.29, 1.82) is 0 Å². The molecule has 2 bridgehead atoms. The summed E-state index contributed by atoms with van der Waals surface area (Å²) in [5, 5.41) is 3.19. The summed E-state index contributed by atoms with van der Waals surface area (Å²) in [6.45, 7) is 4.13. The van der Waals surface area contributed by atoms with Gasteiger partial charge in [-0.05, 0) is 38.6 Å². The van der Waals surface area contributed by atoms with Crippen LogP contribution in [0.4, 0.5) is 0 Å². The molecule has 4 unspecified atom stereocenters. The molecule has 0 radical (unpaired) electrons. The Morgan fingerprint density at radius 3 is 2.47 bits per heavy atom. The highest BCUT2D eigenvalue weighted by molar-refractivity contribution is 5.82. The van der Waals surface area contributed by atoms with E-state index in [4.69, 9.17) is 5.73 Å². The molecule has 0 spiro atoms. The van der Waals surface area contributed by atoms with E-state index in [0.717, 1.165) is 19.3 Å². The number of hydrogen-bond acceptors (Lipinski definition) is 3. The number of carbonyl (C=O) groups is 1.